The van der Waals surface area contributed by atoms with Crippen molar-refractivity contribution < 1.29 is 13.2 Å². The molecule has 2 rings (SSSR count). The Hall–Kier alpha value is -1.05. The van der Waals surface area contributed by atoms with E-state index >= 15 is 0 Å². The van der Waals surface area contributed by atoms with E-state index in [0.717, 1.165) is 24.3 Å². The van der Waals surface area contributed by atoms with Gasteiger partial charge in [0.25, 0.3) is 0 Å². The van der Waals surface area contributed by atoms with Crippen molar-refractivity contribution >= 4 is 27.7 Å². The molecule has 1 aliphatic rings. The van der Waals surface area contributed by atoms with E-state index in [4.69, 9.17) is 0 Å². The lowest BCUT2D eigenvalue weighted by atomic mass is 9.99. The highest BCUT2D eigenvalue weighted by Gasteiger charge is 2.31. The molecule has 1 unspecified atom stereocenters. The molecule has 1 saturated heterocycles. The molecule has 1 fully saturated rings. The molecule has 1 atom stereocenters. The summed E-state index contributed by atoms with van der Waals surface area (Å²) < 4.78 is 25.4. The van der Waals surface area contributed by atoms with Crippen molar-refractivity contribution in [3.63, 3.8) is 0 Å². The normalized spacial score (nSPS) is 18.9. The van der Waals surface area contributed by atoms with Crippen LogP contribution in [0.3, 0.4) is 0 Å². The maximum absolute atomic E-state index is 12.3. The fraction of sp³-hybridized carbons (Fsp3) is 0.611. The highest BCUT2D eigenvalue weighted by Crippen LogP contribution is 2.20. The van der Waals surface area contributed by atoms with Gasteiger partial charge in [-0.3, -0.25) is 4.79 Å². The third-order valence-corrected chi connectivity index (χ3v) is 7.43. The lowest BCUT2D eigenvalue weighted by Gasteiger charge is -2.30. The number of hydrogen-bond acceptors (Lipinski definition) is 4. The van der Waals surface area contributed by atoms with Gasteiger partial charge in [0.05, 0.1) is 11.7 Å². The second-order valence-electron chi connectivity index (χ2n) is 6.37. The summed E-state index contributed by atoms with van der Waals surface area (Å²) >= 11 is 1.80. The minimum Gasteiger partial charge on any atom is -0.355 e. The second-order valence-corrected chi connectivity index (χ2v) is 9.73. The number of nitrogens with one attached hydrogen (secondary N) is 1. The molecule has 1 aliphatic heterocycles. The Labute approximate surface area is 155 Å². The van der Waals surface area contributed by atoms with Crippen molar-refractivity contribution in [2.75, 3.05) is 31.1 Å². The summed E-state index contributed by atoms with van der Waals surface area (Å²) in [6, 6.07) is 8.32. The number of hydrogen-bond donors (Lipinski definition) is 1. The van der Waals surface area contributed by atoms with Gasteiger partial charge in [-0.25, -0.2) is 12.7 Å². The summed E-state index contributed by atoms with van der Waals surface area (Å²) in [5, 5.41) is 2.96. The zero-order chi connectivity index (χ0) is 18.3. The number of sulfonamides is 1. The number of nitrogens with zero attached hydrogens (tertiary/aromatic N) is 1. The molecule has 25 heavy (non-hydrogen) atoms. The second kappa shape index (κ2) is 9.59. The number of carbonyl (C=O) groups is 1. The topological polar surface area (TPSA) is 66.5 Å². The molecule has 1 amide bonds. The minimum atomic E-state index is -3.20. The monoisotopic (exact) mass is 384 g/mol. The highest BCUT2D eigenvalue weighted by molar-refractivity contribution is 7.98. The number of piperidine rings is 1. The van der Waals surface area contributed by atoms with E-state index in [-0.39, 0.29) is 17.6 Å². The van der Waals surface area contributed by atoms with Gasteiger partial charge in [-0.15, -0.1) is 0 Å². The van der Waals surface area contributed by atoms with E-state index in [1.54, 1.807) is 18.7 Å². The molecule has 140 valence electrons. The smallest absolute Gasteiger partial charge is 0.224 e. The summed E-state index contributed by atoms with van der Waals surface area (Å²) in [6.45, 7) is 5.22. The van der Waals surface area contributed by atoms with Crippen molar-refractivity contribution in [1.82, 2.24) is 9.62 Å². The zero-order valence-corrected chi connectivity index (χ0v) is 16.7. The van der Waals surface area contributed by atoms with Gasteiger partial charge in [0.15, 0.2) is 0 Å². The molecular weight excluding hydrogens is 356 g/mol. The van der Waals surface area contributed by atoms with Crippen LogP contribution in [0, 0.1) is 12.8 Å². The lowest BCUT2D eigenvalue weighted by Crippen LogP contribution is -2.46. The third kappa shape index (κ3) is 6.01. The van der Waals surface area contributed by atoms with E-state index in [1.165, 1.54) is 15.4 Å². The maximum Gasteiger partial charge on any atom is 0.224 e. The standard InChI is InChI=1S/C18H28N2O3S2/c1-3-25(22,23)20-11-6-9-16(13-20)18(21)19-10-12-24-14-17-8-5-4-7-15(17)2/h4-5,7-8,16H,3,6,9-14H2,1-2H3,(H,19,21). The number of benzene rings is 1. The molecule has 1 N–H and O–H groups in total. The average molecular weight is 385 g/mol. The summed E-state index contributed by atoms with van der Waals surface area (Å²) in [5.74, 6) is 1.64. The number of carbonyl (C=O) groups excluding carboxylic acids is 1. The molecule has 7 heteroatoms. The molecule has 0 radical (unpaired) electrons. The molecule has 0 saturated carbocycles. The number of thioether (sulfide) groups is 1. The van der Waals surface area contributed by atoms with E-state index in [9.17, 15) is 13.2 Å². The minimum absolute atomic E-state index is 0.0208. The molecule has 5 nitrogen and oxygen atoms in total. The van der Waals surface area contributed by atoms with Gasteiger partial charge in [0, 0.05) is 31.1 Å². The van der Waals surface area contributed by atoms with Crippen LogP contribution in [0.25, 0.3) is 0 Å². The predicted molar refractivity (Wildman–Crippen MR) is 104 cm³/mol. The van der Waals surface area contributed by atoms with Gasteiger partial charge in [-0.2, -0.15) is 11.8 Å². The average Bonchev–Trinajstić information content (AvgIpc) is 2.63. The first-order chi connectivity index (χ1) is 11.9. The summed E-state index contributed by atoms with van der Waals surface area (Å²) in [5.41, 5.74) is 2.62. The van der Waals surface area contributed by atoms with Crippen molar-refractivity contribution in [2.45, 2.75) is 32.4 Å². The van der Waals surface area contributed by atoms with Gasteiger partial charge in [-0.05, 0) is 37.8 Å². The Kier molecular flexibility index (Phi) is 7.78. The van der Waals surface area contributed by atoms with Gasteiger partial charge in [0.2, 0.25) is 15.9 Å². The van der Waals surface area contributed by atoms with Gasteiger partial charge >= 0.3 is 0 Å². The highest BCUT2D eigenvalue weighted by atomic mass is 32.2. The molecule has 0 aromatic heterocycles. The summed E-state index contributed by atoms with van der Waals surface area (Å²) in [4.78, 5) is 12.3. The van der Waals surface area contributed by atoms with Gasteiger partial charge in [-0.1, -0.05) is 24.3 Å². The number of amides is 1. The number of aryl methyl sites for hydroxylation is 1. The molecule has 0 aliphatic carbocycles. The zero-order valence-electron chi connectivity index (χ0n) is 15.0. The molecule has 1 heterocycles. The van der Waals surface area contributed by atoms with Crippen LogP contribution in [-0.2, 0) is 20.6 Å². The molecule has 1 aromatic rings. The first kappa shape index (κ1) is 20.3. The Bertz CT molecular complexity index is 677. The van der Waals surface area contributed by atoms with E-state index in [1.807, 2.05) is 12.1 Å². The van der Waals surface area contributed by atoms with Crippen LogP contribution in [0.2, 0.25) is 0 Å². The lowest BCUT2D eigenvalue weighted by molar-refractivity contribution is -0.125. The summed E-state index contributed by atoms with van der Waals surface area (Å²) in [6.07, 6.45) is 1.51. The van der Waals surface area contributed by atoms with Crippen LogP contribution in [0.15, 0.2) is 24.3 Å². The molecule has 0 spiro atoms. The van der Waals surface area contributed by atoms with E-state index in [2.05, 4.69) is 24.4 Å². The Morgan fingerprint density at radius 2 is 2.12 bits per heavy atom. The van der Waals surface area contributed by atoms with Crippen LogP contribution in [0.5, 0.6) is 0 Å². The molecule has 0 bridgehead atoms. The van der Waals surface area contributed by atoms with Crippen LogP contribution < -0.4 is 5.32 Å². The maximum atomic E-state index is 12.3. The first-order valence-electron chi connectivity index (χ1n) is 8.82. The Morgan fingerprint density at radius 3 is 2.84 bits per heavy atom. The number of rotatable bonds is 8. The van der Waals surface area contributed by atoms with Gasteiger partial charge in [0.1, 0.15) is 0 Å². The molecule has 1 aromatic carbocycles. The SMILES string of the molecule is CCS(=O)(=O)N1CCCC(C(=O)NCCSCc2ccccc2C)C1. The Morgan fingerprint density at radius 1 is 1.36 bits per heavy atom. The van der Waals surface area contributed by atoms with Crippen LogP contribution in [0.4, 0.5) is 0 Å². The van der Waals surface area contributed by atoms with Crippen LogP contribution >= 0.6 is 11.8 Å². The van der Waals surface area contributed by atoms with E-state index in [0.29, 0.717) is 19.6 Å². The largest absolute Gasteiger partial charge is 0.355 e. The fourth-order valence-corrected chi connectivity index (χ4v) is 5.05. The van der Waals surface area contributed by atoms with Crippen molar-refractivity contribution in [3.05, 3.63) is 35.4 Å². The predicted octanol–water partition coefficient (Wildman–Crippen LogP) is 2.41. The van der Waals surface area contributed by atoms with Crippen molar-refractivity contribution in [3.8, 4) is 0 Å². The van der Waals surface area contributed by atoms with Crippen molar-refractivity contribution in [2.24, 2.45) is 5.92 Å². The van der Waals surface area contributed by atoms with Crippen molar-refractivity contribution in [1.29, 1.82) is 0 Å². The first-order valence-corrected chi connectivity index (χ1v) is 11.6. The fourth-order valence-electron chi connectivity index (χ4n) is 2.94. The van der Waals surface area contributed by atoms with Crippen LogP contribution in [0.1, 0.15) is 30.9 Å². The van der Waals surface area contributed by atoms with E-state index < -0.39 is 10.0 Å². The third-order valence-electron chi connectivity index (χ3n) is 4.58. The quantitative estimate of drug-likeness (QED) is 0.699. The summed E-state index contributed by atoms with van der Waals surface area (Å²) in [7, 11) is -3.20. The van der Waals surface area contributed by atoms with Crippen LogP contribution in [-0.4, -0.2) is 49.8 Å². The van der Waals surface area contributed by atoms with Gasteiger partial charge < -0.3 is 5.32 Å². The Balaban J connectivity index is 1.70. The molecular formula is C18H28N2O3S2.